The summed E-state index contributed by atoms with van der Waals surface area (Å²) in [5, 5.41) is 16.4. The second-order valence-electron chi connectivity index (χ2n) is 6.10. The molecule has 0 fully saturated rings. The van der Waals surface area contributed by atoms with Gasteiger partial charge in [0.25, 0.3) is 0 Å². The SMILES string of the molecule is CC(C)CCNc1ncnc(Nc2ccc(Cl)c(C(F)(F)F)c2)c1[N+](=O)[O-]. The number of benzene rings is 1. The topological polar surface area (TPSA) is 93.0 Å². The molecule has 0 bridgehead atoms. The third-order valence-corrected chi connectivity index (χ3v) is 3.88. The Kier molecular flexibility index (Phi) is 6.42. The van der Waals surface area contributed by atoms with Gasteiger partial charge in [-0.25, -0.2) is 9.97 Å². The number of hydrogen-bond donors (Lipinski definition) is 2. The van der Waals surface area contributed by atoms with Crippen LogP contribution in [0.3, 0.4) is 0 Å². The minimum atomic E-state index is -4.66. The van der Waals surface area contributed by atoms with Crippen molar-refractivity contribution in [2.75, 3.05) is 17.2 Å². The summed E-state index contributed by atoms with van der Waals surface area (Å²) in [6.07, 6.45) is -2.81. The molecule has 0 aliphatic heterocycles. The van der Waals surface area contributed by atoms with Gasteiger partial charge in [-0.05, 0) is 30.5 Å². The third-order valence-electron chi connectivity index (χ3n) is 3.55. The third kappa shape index (κ3) is 5.43. The molecule has 0 spiro atoms. The number of alkyl halides is 3. The summed E-state index contributed by atoms with van der Waals surface area (Å²) in [5.41, 5.74) is -1.55. The Balaban J connectivity index is 2.35. The molecule has 11 heteroatoms. The maximum absolute atomic E-state index is 13.0. The van der Waals surface area contributed by atoms with E-state index in [0.29, 0.717) is 12.5 Å². The predicted octanol–water partition coefficient (Wildman–Crippen LogP) is 5.26. The number of nitro groups is 1. The molecule has 0 aliphatic rings. The van der Waals surface area contributed by atoms with Crippen LogP contribution >= 0.6 is 11.6 Å². The first kappa shape index (κ1) is 20.7. The van der Waals surface area contributed by atoms with Crippen molar-refractivity contribution in [2.45, 2.75) is 26.4 Å². The summed E-state index contributed by atoms with van der Waals surface area (Å²) < 4.78 is 39.0. The van der Waals surface area contributed by atoms with Gasteiger partial charge in [-0.1, -0.05) is 25.4 Å². The van der Waals surface area contributed by atoms with Crippen LogP contribution in [0.5, 0.6) is 0 Å². The molecular weight excluding hydrogens is 387 g/mol. The highest BCUT2D eigenvalue weighted by Gasteiger charge is 2.33. The van der Waals surface area contributed by atoms with Gasteiger partial charge in [0.2, 0.25) is 11.6 Å². The van der Waals surface area contributed by atoms with Crippen LogP contribution in [0.15, 0.2) is 24.5 Å². The van der Waals surface area contributed by atoms with E-state index in [1.165, 1.54) is 6.07 Å². The van der Waals surface area contributed by atoms with E-state index < -0.39 is 27.4 Å². The van der Waals surface area contributed by atoms with Crippen molar-refractivity contribution in [1.82, 2.24) is 9.97 Å². The van der Waals surface area contributed by atoms with Crippen LogP contribution in [0.2, 0.25) is 5.02 Å². The summed E-state index contributed by atoms with van der Waals surface area (Å²) in [6.45, 7) is 4.46. The zero-order valence-electron chi connectivity index (χ0n) is 14.5. The van der Waals surface area contributed by atoms with E-state index in [1.807, 2.05) is 13.8 Å². The number of hydrogen-bond acceptors (Lipinski definition) is 6. The van der Waals surface area contributed by atoms with Crippen LogP contribution in [0, 0.1) is 16.0 Å². The van der Waals surface area contributed by atoms with E-state index in [-0.39, 0.29) is 17.3 Å². The molecule has 1 aromatic carbocycles. The van der Waals surface area contributed by atoms with Crippen LogP contribution in [0.4, 0.5) is 36.2 Å². The Morgan fingerprint density at radius 3 is 2.52 bits per heavy atom. The molecule has 2 aromatic rings. The molecule has 27 heavy (non-hydrogen) atoms. The highest BCUT2D eigenvalue weighted by atomic mass is 35.5. The lowest BCUT2D eigenvalue weighted by atomic mass is 10.1. The van der Waals surface area contributed by atoms with Crippen molar-refractivity contribution in [3.63, 3.8) is 0 Å². The Morgan fingerprint density at radius 1 is 1.26 bits per heavy atom. The van der Waals surface area contributed by atoms with Gasteiger partial charge in [0.1, 0.15) is 6.33 Å². The minimum absolute atomic E-state index is 0.0110. The number of nitrogens with one attached hydrogen (secondary N) is 2. The van der Waals surface area contributed by atoms with Crippen LogP contribution < -0.4 is 10.6 Å². The predicted molar refractivity (Wildman–Crippen MR) is 96.4 cm³/mol. The lowest BCUT2D eigenvalue weighted by Gasteiger charge is -2.13. The fraction of sp³-hybridized carbons (Fsp3) is 0.375. The second-order valence-corrected chi connectivity index (χ2v) is 6.51. The Hall–Kier alpha value is -2.62. The molecule has 7 nitrogen and oxygen atoms in total. The maximum atomic E-state index is 13.0. The van der Waals surface area contributed by atoms with Gasteiger partial charge in [0.15, 0.2) is 0 Å². The summed E-state index contributed by atoms with van der Waals surface area (Å²) in [5.74, 6) is 0.145. The van der Waals surface area contributed by atoms with Crippen molar-refractivity contribution in [1.29, 1.82) is 0 Å². The zero-order chi connectivity index (χ0) is 20.2. The van der Waals surface area contributed by atoms with Crippen LogP contribution in [0.25, 0.3) is 0 Å². The fourth-order valence-electron chi connectivity index (χ4n) is 2.21. The Labute approximate surface area is 158 Å². The summed E-state index contributed by atoms with van der Waals surface area (Å²) in [7, 11) is 0. The first-order chi connectivity index (χ1) is 12.6. The average molecular weight is 404 g/mol. The van der Waals surface area contributed by atoms with Crippen LogP contribution in [-0.4, -0.2) is 21.4 Å². The maximum Gasteiger partial charge on any atom is 0.417 e. The molecule has 0 atom stereocenters. The molecular formula is C16H17ClF3N5O2. The molecule has 2 N–H and O–H groups in total. The summed E-state index contributed by atoms with van der Waals surface area (Å²) in [4.78, 5) is 18.4. The summed E-state index contributed by atoms with van der Waals surface area (Å²) in [6, 6.07) is 3.09. The molecule has 146 valence electrons. The van der Waals surface area contributed by atoms with Gasteiger partial charge >= 0.3 is 11.9 Å². The molecule has 0 unspecified atom stereocenters. The van der Waals surface area contributed by atoms with Crippen molar-refractivity contribution in [3.05, 3.63) is 45.2 Å². The van der Waals surface area contributed by atoms with Crippen molar-refractivity contribution >= 4 is 34.6 Å². The first-order valence-electron chi connectivity index (χ1n) is 7.96. The van der Waals surface area contributed by atoms with Gasteiger partial charge in [-0.15, -0.1) is 0 Å². The van der Waals surface area contributed by atoms with E-state index in [0.717, 1.165) is 24.9 Å². The van der Waals surface area contributed by atoms with Crippen LogP contribution in [0.1, 0.15) is 25.8 Å². The zero-order valence-corrected chi connectivity index (χ0v) is 15.2. The van der Waals surface area contributed by atoms with Crippen LogP contribution in [-0.2, 0) is 6.18 Å². The quantitative estimate of drug-likeness (QED) is 0.484. The number of aromatic nitrogens is 2. The number of halogens is 4. The van der Waals surface area contributed by atoms with Gasteiger partial charge in [0.05, 0.1) is 15.5 Å². The lowest BCUT2D eigenvalue weighted by molar-refractivity contribution is -0.383. The minimum Gasteiger partial charge on any atom is -0.364 e. The molecule has 0 amide bonds. The standard InChI is InChI=1S/C16H17ClF3N5O2/c1-9(2)5-6-21-14-13(25(26)27)15(23-8-22-14)24-10-3-4-12(17)11(7-10)16(18,19)20/h3-4,7-9H,5-6H2,1-2H3,(H2,21,22,23,24). The number of anilines is 3. The fourth-order valence-corrected chi connectivity index (χ4v) is 2.43. The molecule has 0 radical (unpaired) electrons. The molecule has 2 rings (SSSR count). The molecule has 0 saturated carbocycles. The lowest BCUT2D eigenvalue weighted by Crippen LogP contribution is -2.11. The number of rotatable bonds is 7. The van der Waals surface area contributed by atoms with E-state index in [2.05, 4.69) is 20.6 Å². The monoisotopic (exact) mass is 403 g/mol. The summed E-state index contributed by atoms with van der Waals surface area (Å²) >= 11 is 5.58. The Bertz CT molecular complexity index is 830. The number of nitrogens with zero attached hydrogens (tertiary/aromatic N) is 3. The molecule has 1 aromatic heterocycles. The molecule has 0 aliphatic carbocycles. The van der Waals surface area contributed by atoms with Crippen molar-refractivity contribution < 1.29 is 18.1 Å². The van der Waals surface area contributed by atoms with E-state index in [9.17, 15) is 23.3 Å². The van der Waals surface area contributed by atoms with Crippen molar-refractivity contribution in [2.24, 2.45) is 5.92 Å². The molecule has 0 saturated heterocycles. The largest absolute Gasteiger partial charge is 0.417 e. The highest BCUT2D eigenvalue weighted by Crippen LogP contribution is 2.38. The molecule has 1 heterocycles. The second kappa shape index (κ2) is 8.38. The normalized spacial score (nSPS) is 11.5. The van der Waals surface area contributed by atoms with Crippen molar-refractivity contribution in [3.8, 4) is 0 Å². The van der Waals surface area contributed by atoms with Gasteiger partial charge in [-0.2, -0.15) is 13.2 Å². The van der Waals surface area contributed by atoms with Gasteiger partial charge in [-0.3, -0.25) is 10.1 Å². The highest BCUT2D eigenvalue weighted by molar-refractivity contribution is 6.31. The van der Waals surface area contributed by atoms with E-state index >= 15 is 0 Å². The Morgan fingerprint density at radius 2 is 1.93 bits per heavy atom. The average Bonchev–Trinajstić information content (AvgIpc) is 2.55. The van der Waals surface area contributed by atoms with Gasteiger partial charge < -0.3 is 10.6 Å². The smallest absolute Gasteiger partial charge is 0.364 e. The van der Waals surface area contributed by atoms with E-state index in [4.69, 9.17) is 11.6 Å². The first-order valence-corrected chi connectivity index (χ1v) is 8.34. The van der Waals surface area contributed by atoms with Gasteiger partial charge in [0, 0.05) is 12.2 Å². The van der Waals surface area contributed by atoms with E-state index in [1.54, 1.807) is 0 Å².